The normalized spacial score (nSPS) is 16.1. The van der Waals surface area contributed by atoms with Gasteiger partial charge in [0.05, 0.1) is 34.2 Å². The third kappa shape index (κ3) is 3.11. The first-order chi connectivity index (χ1) is 3.48. The van der Waals surface area contributed by atoms with Gasteiger partial charge < -0.3 is 4.55 Å². The lowest BCUT2D eigenvalue weighted by molar-refractivity contribution is 0.559. The minimum atomic E-state index is -0.908. The zero-order valence-electron chi connectivity index (χ0n) is 5.19. The number of nitrogens with one attached hydrogen (secondary N) is 1. The van der Waals surface area contributed by atoms with E-state index in [1.54, 1.807) is 0 Å². The van der Waals surface area contributed by atoms with Crippen molar-refractivity contribution < 1.29 is 4.55 Å². The van der Waals surface area contributed by atoms with Crippen molar-refractivity contribution in [3.63, 3.8) is 0 Å². The third-order valence-corrected chi connectivity index (χ3v) is 3.08. The topological polar surface area (TPSA) is 35.1 Å². The second-order valence-corrected chi connectivity index (χ2v) is 5.70. The highest BCUT2D eigenvalue weighted by atomic mass is 127. The molecule has 0 unspecified atom stereocenters. The molecule has 0 heterocycles. The van der Waals surface area contributed by atoms with Crippen LogP contribution in [-0.4, -0.2) is 9.30 Å². The molecule has 0 saturated carbocycles. The number of hydrogen-bond acceptors (Lipinski definition) is 2. The van der Waals surface area contributed by atoms with Crippen molar-refractivity contribution in [2.24, 2.45) is 0 Å². The van der Waals surface area contributed by atoms with E-state index in [1.807, 2.05) is 43.6 Å². The molecule has 1 N–H and O–H groups in total. The van der Waals surface area contributed by atoms with Gasteiger partial charge in [0, 0.05) is 0 Å². The van der Waals surface area contributed by atoms with Crippen molar-refractivity contribution in [2.75, 3.05) is 0 Å². The van der Waals surface area contributed by atoms with Crippen molar-refractivity contribution in [3.05, 3.63) is 0 Å². The van der Waals surface area contributed by atoms with Crippen molar-refractivity contribution in [2.45, 2.75) is 25.5 Å². The summed E-state index contributed by atoms with van der Waals surface area (Å²) >= 11 is 0.981. The van der Waals surface area contributed by atoms with E-state index in [-0.39, 0.29) is 4.75 Å². The van der Waals surface area contributed by atoms with Crippen LogP contribution < -0.4 is 2.94 Å². The van der Waals surface area contributed by atoms with Crippen LogP contribution in [0.1, 0.15) is 20.8 Å². The molecule has 0 aliphatic heterocycles. The quantitative estimate of drug-likeness (QED) is 0.431. The SMILES string of the molecule is CC(C)(C)[S@@+]([O-])NI. The molecule has 0 fully saturated rings. The average Bonchev–Trinajstić information content (AvgIpc) is 1.62. The van der Waals surface area contributed by atoms with Crippen LogP contribution in [0.2, 0.25) is 0 Å². The monoisotopic (exact) mass is 247 g/mol. The van der Waals surface area contributed by atoms with Gasteiger partial charge >= 0.3 is 0 Å². The molecule has 0 aliphatic carbocycles. The summed E-state index contributed by atoms with van der Waals surface area (Å²) in [5, 5.41) is 0. The smallest absolute Gasteiger partial charge is 0.137 e. The Morgan fingerprint density at radius 1 is 1.50 bits per heavy atom. The Bertz CT molecular complexity index is 72.9. The summed E-state index contributed by atoms with van der Waals surface area (Å²) < 4.78 is 13.3. The fourth-order valence-electron chi connectivity index (χ4n) is 0.116. The molecule has 4 heteroatoms. The average molecular weight is 247 g/mol. The first kappa shape index (κ1) is 9.00. The van der Waals surface area contributed by atoms with Gasteiger partial charge in [0.15, 0.2) is 0 Å². The maximum Gasteiger partial charge on any atom is 0.137 e. The summed E-state index contributed by atoms with van der Waals surface area (Å²) in [6, 6.07) is 0. The van der Waals surface area contributed by atoms with Gasteiger partial charge in [0.2, 0.25) is 0 Å². The Hall–Kier alpha value is 1.00. The van der Waals surface area contributed by atoms with E-state index >= 15 is 0 Å². The van der Waals surface area contributed by atoms with Crippen LogP contribution in [0.5, 0.6) is 0 Å². The van der Waals surface area contributed by atoms with Crippen LogP contribution in [0, 0.1) is 0 Å². The standard InChI is InChI=1S/C4H10INOS/c1-4(2,3)8(7)6-5/h6H,1-3H3/t8-/m1/s1. The lowest BCUT2D eigenvalue weighted by Crippen LogP contribution is -2.34. The lowest BCUT2D eigenvalue weighted by Gasteiger charge is -2.20. The minimum absolute atomic E-state index is 0.138. The van der Waals surface area contributed by atoms with Crippen LogP contribution in [0.3, 0.4) is 0 Å². The molecule has 0 aromatic heterocycles. The fraction of sp³-hybridized carbons (Fsp3) is 1.00. The highest BCUT2D eigenvalue weighted by Crippen LogP contribution is 2.13. The zero-order chi connectivity index (χ0) is 6.78. The summed E-state index contributed by atoms with van der Waals surface area (Å²) in [5.74, 6) is 0. The summed E-state index contributed by atoms with van der Waals surface area (Å²) in [6.07, 6.45) is 0. The lowest BCUT2D eigenvalue weighted by atomic mass is 10.3. The van der Waals surface area contributed by atoms with Gasteiger partial charge in [-0.2, -0.15) is 0 Å². The largest absolute Gasteiger partial charge is 0.597 e. The summed E-state index contributed by atoms with van der Waals surface area (Å²) in [5.41, 5.74) is 0. The first-order valence-corrected chi connectivity index (χ1v) is 4.49. The van der Waals surface area contributed by atoms with Gasteiger partial charge in [-0.25, -0.2) is 0 Å². The predicted octanol–water partition coefficient (Wildman–Crippen LogP) is 1.39. The van der Waals surface area contributed by atoms with Crippen LogP contribution in [0.4, 0.5) is 0 Å². The molecule has 0 aromatic rings. The van der Waals surface area contributed by atoms with Crippen molar-refractivity contribution >= 4 is 34.2 Å². The molecule has 50 valence electrons. The van der Waals surface area contributed by atoms with Gasteiger partial charge in [-0.1, -0.05) is 2.94 Å². The van der Waals surface area contributed by atoms with Crippen molar-refractivity contribution in [3.8, 4) is 0 Å². The number of halogens is 1. The second kappa shape index (κ2) is 3.24. The van der Waals surface area contributed by atoms with Gasteiger partial charge in [-0.15, -0.1) is 0 Å². The Kier molecular flexibility index (Phi) is 3.64. The fourth-order valence-corrected chi connectivity index (χ4v) is 2.33. The van der Waals surface area contributed by atoms with Gasteiger partial charge in [0.1, 0.15) is 4.75 Å². The summed E-state index contributed by atoms with van der Waals surface area (Å²) in [6.45, 7) is 5.78. The van der Waals surface area contributed by atoms with Gasteiger partial charge in [-0.3, -0.25) is 0 Å². The minimum Gasteiger partial charge on any atom is -0.597 e. The molecular formula is C4H10INOS. The second-order valence-electron chi connectivity index (χ2n) is 2.46. The molecular weight excluding hydrogens is 237 g/mol. The van der Waals surface area contributed by atoms with Gasteiger partial charge in [-0.05, 0) is 20.8 Å². The van der Waals surface area contributed by atoms with Crippen LogP contribution in [0.15, 0.2) is 0 Å². The van der Waals surface area contributed by atoms with E-state index in [0.717, 1.165) is 0 Å². The third-order valence-electron chi connectivity index (χ3n) is 0.626. The zero-order valence-corrected chi connectivity index (χ0v) is 8.17. The van der Waals surface area contributed by atoms with Crippen molar-refractivity contribution in [1.29, 1.82) is 0 Å². The van der Waals surface area contributed by atoms with Crippen molar-refractivity contribution in [1.82, 2.24) is 2.94 Å². The molecule has 0 rings (SSSR count). The molecule has 8 heavy (non-hydrogen) atoms. The van der Waals surface area contributed by atoms with E-state index in [9.17, 15) is 4.55 Å². The molecule has 0 aromatic carbocycles. The number of hydrogen-bond donors (Lipinski definition) is 1. The predicted molar refractivity (Wildman–Crippen MR) is 45.1 cm³/mol. The van der Waals surface area contributed by atoms with Crippen LogP contribution >= 0.6 is 22.9 Å². The highest BCUT2D eigenvalue weighted by Gasteiger charge is 2.24. The Morgan fingerprint density at radius 2 is 1.88 bits per heavy atom. The van der Waals surface area contributed by atoms with Gasteiger partial charge in [0.25, 0.3) is 0 Å². The van der Waals surface area contributed by atoms with Crippen LogP contribution in [0.25, 0.3) is 0 Å². The van der Waals surface area contributed by atoms with E-state index < -0.39 is 11.4 Å². The van der Waals surface area contributed by atoms with E-state index in [4.69, 9.17) is 0 Å². The molecule has 0 saturated heterocycles. The highest BCUT2D eigenvalue weighted by molar-refractivity contribution is 14.1. The summed E-state index contributed by atoms with van der Waals surface area (Å²) in [7, 11) is 0. The molecule has 0 amide bonds. The molecule has 1 atom stereocenters. The molecule has 2 nitrogen and oxygen atoms in total. The molecule has 0 aliphatic rings. The summed E-state index contributed by atoms with van der Waals surface area (Å²) in [4.78, 5) is 0. The van der Waals surface area contributed by atoms with E-state index in [2.05, 4.69) is 2.94 Å². The Morgan fingerprint density at radius 3 is 1.88 bits per heavy atom. The maximum atomic E-state index is 10.8. The Labute approximate surface area is 67.2 Å². The first-order valence-electron chi connectivity index (χ1n) is 2.26. The maximum absolute atomic E-state index is 10.8. The van der Waals surface area contributed by atoms with E-state index in [0.29, 0.717) is 0 Å². The van der Waals surface area contributed by atoms with Crippen LogP contribution in [-0.2, 0) is 11.4 Å². The molecule has 0 spiro atoms. The molecule has 0 bridgehead atoms. The Balaban J connectivity index is 3.62. The van der Waals surface area contributed by atoms with E-state index in [1.165, 1.54) is 0 Å². The number of rotatable bonds is 1. The molecule has 0 radical (unpaired) electrons.